The lowest BCUT2D eigenvalue weighted by Gasteiger charge is -2.11. The highest BCUT2D eigenvalue weighted by Crippen LogP contribution is 2.10. The van der Waals surface area contributed by atoms with Gasteiger partial charge in [0, 0.05) is 37.2 Å². The summed E-state index contributed by atoms with van der Waals surface area (Å²) < 4.78 is 5.11. The first-order valence-corrected chi connectivity index (χ1v) is 7.88. The summed E-state index contributed by atoms with van der Waals surface area (Å²) in [6.45, 7) is 3.45. The van der Waals surface area contributed by atoms with Crippen LogP contribution in [-0.4, -0.2) is 36.6 Å². The molecule has 0 aliphatic rings. The van der Waals surface area contributed by atoms with Crippen molar-refractivity contribution in [1.29, 1.82) is 0 Å². The second kappa shape index (κ2) is 8.33. The first kappa shape index (κ1) is 16.2. The van der Waals surface area contributed by atoms with Gasteiger partial charge in [-0.2, -0.15) is 0 Å². The van der Waals surface area contributed by atoms with E-state index in [9.17, 15) is 0 Å². The fourth-order valence-corrected chi connectivity index (χ4v) is 2.66. The van der Waals surface area contributed by atoms with E-state index in [2.05, 4.69) is 32.5 Å². The van der Waals surface area contributed by atoms with Gasteiger partial charge in [0.25, 0.3) is 0 Å². The van der Waals surface area contributed by atoms with Crippen LogP contribution in [0.25, 0.3) is 0 Å². The van der Waals surface area contributed by atoms with E-state index in [1.807, 2.05) is 24.4 Å². The Balaban J connectivity index is 1.77. The second-order valence-corrected chi connectivity index (χ2v) is 5.96. The molecule has 2 heterocycles. The van der Waals surface area contributed by atoms with E-state index >= 15 is 0 Å². The fourth-order valence-electron chi connectivity index (χ4n) is 1.87. The van der Waals surface area contributed by atoms with Crippen molar-refractivity contribution in [2.45, 2.75) is 19.9 Å². The molecule has 0 unspecified atom stereocenters. The van der Waals surface area contributed by atoms with Gasteiger partial charge in [-0.15, -0.1) is 11.3 Å². The number of aliphatic imine (C=N–C) groups is 1. The Morgan fingerprint density at radius 3 is 2.91 bits per heavy atom. The predicted octanol–water partition coefficient (Wildman–Crippen LogP) is 1.76. The van der Waals surface area contributed by atoms with Crippen LogP contribution >= 0.6 is 11.3 Å². The topological polar surface area (TPSA) is 71.4 Å². The van der Waals surface area contributed by atoms with Gasteiger partial charge < -0.3 is 15.4 Å². The second-order valence-electron chi connectivity index (χ2n) is 4.64. The summed E-state index contributed by atoms with van der Waals surface area (Å²) in [5, 5.41) is 7.64. The lowest BCUT2D eigenvalue weighted by Crippen LogP contribution is -2.38. The SMILES string of the molecule is CN=C(NCCc1ncc(C)s1)NCc1cccc(OC)n1. The van der Waals surface area contributed by atoms with Crippen LogP contribution in [-0.2, 0) is 13.0 Å². The van der Waals surface area contributed by atoms with E-state index in [1.54, 1.807) is 25.5 Å². The Morgan fingerprint density at radius 1 is 1.36 bits per heavy atom. The number of rotatable bonds is 6. The van der Waals surface area contributed by atoms with E-state index in [0.717, 1.165) is 29.6 Å². The molecule has 0 aliphatic carbocycles. The molecule has 0 atom stereocenters. The molecule has 2 rings (SSSR count). The summed E-state index contributed by atoms with van der Waals surface area (Å²) in [6, 6.07) is 5.69. The highest BCUT2D eigenvalue weighted by molar-refractivity contribution is 7.11. The van der Waals surface area contributed by atoms with Crippen LogP contribution < -0.4 is 15.4 Å². The number of thiazole rings is 1. The number of aryl methyl sites for hydroxylation is 1. The van der Waals surface area contributed by atoms with Gasteiger partial charge in [-0.25, -0.2) is 9.97 Å². The normalized spacial score (nSPS) is 11.3. The van der Waals surface area contributed by atoms with Crippen molar-refractivity contribution in [2.24, 2.45) is 4.99 Å². The maximum absolute atomic E-state index is 5.11. The number of aromatic nitrogens is 2. The number of pyridine rings is 1. The average Bonchev–Trinajstić information content (AvgIpc) is 2.96. The van der Waals surface area contributed by atoms with Gasteiger partial charge in [-0.1, -0.05) is 6.07 Å². The molecule has 0 spiro atoms. The molecule has 0 aliphatic heterocycles. The van der Waals surface area contributed by atoms with Crippen LogP contribution in [0.3, 0.4) is 0 Å². The van der Waals surface area contributed by atoms with E-state index < -0.39 is 0 Å². The molecule has 0 fully saturated rings. The Hall–Kier alpha value is -2.15. The smallest absolute Gasteiger partial charge is 0.213 e. The Bertz CT molecular complexity index is 626. The third kappa shape index (κ3) is 5.00. The Labute approximate surface area is 134 Å². The zero-order valence-corrected chi connectivity index (χ0v) is 13.9. The van der Waals surface area contributed by atoms with Gasteiger partial charge in [-0.05, 0) is 13.0 Å². The summed E-state index contributed by atoms with van der Waals surface area (Å²) in [4.78, 5) is 14.1. The lowest BCUT2D eigenvalue weighted by atomic mass is 10.3. The molecular weight excluding hydrogens is 298 g/mol. The number of hydrogen-bond donors (Lipinski definition) is 2. The molecule has 0 saturated heterocycles. The third-order valence-corrected chi connectivity index (χ3v) is 3.92. The van der Waals surface area contributed by atoms with Crippen molar-refractivity contribution in [3.05, 3.63) is 40.0 Å². The van der Waals surface area contributed by atoms with Gasteiger partial charge in [-0.3, -0.25) is 4.99 Å². The zero-order chi connectivity index (χ0) is 15.8. The number of ether oxygens (including phenoxy) is 1. The van der Waals surface area contributed by atoms with Crippen LogP contribution in [0.4, 0.5) is 0 Å². The van der Waals surface area contributed by atoms with Crippen LogP contribution in [0.5, 0.6) is 5.88 Å². The van der Waals surface area contributed by atoms with Crippen molar-refractivity contribution in [3.63, 3.8) is 0 Å². The molecule has 6 nitrogen and oxygen atoms in total. The average molecular weight is 319 g/mol. The molecule has 2 N–H and O–H groups in total. The molecule has 2 aromatic heterocycles. The van der Waals surface area contributed by atoms with E-state index in [0.29, 0.717) is 12.4 Å². The third-order valence-electron chi connectivity index (χ3n) is 2.95. The van der Waals surface area contributed by atoms with Crippen LogP contribution in [0.1, 0.15) is 15.6 Å². The van der Waals surface area contributed by atoms with E-state index in [1.165, 1.54) is 4.88 Å². The molecule has 7 heteroatoms. The fraction of sp³-hybridized carbons (Fsp3) is 0.400. The van der Waals surface area contributed by atoms with Gasteiger partial charge in [0.1, 0.15) is 0 Å². The molecule has 118 valence electrons. The minimum Gasteiger partial charge on any atom is -0.481 e. The maximum Gasteiger partial charge on any atom is 0.213 e. The molecule has 0 radical (unpaired) electrons. The van der Waals surface area contributed by atoms with Crippen LogP contribution in [0, 0.1) is 6.92 Å². The van der Waals surface area contributed by atoms with Crippen molar-refractivity contribution in [2.75, 3.05) is 20.7 Å². The van der Waals surface area contributed by atoms with Gasteiger partial charge in [0.05, 0.1) is 24.4 Å². The van der Waals surface area contributed by atoms with Crippen molar-refractivity contribution in [1.82, 2.24) is 20.6 Å². The standard InChI is InChI=1S/C15H21N5OS/c1-11-9-18-14(22-11)7-8-17-15(16-2)19-10-12-5-4-6-13(20-12)21-3/h4-6,9H,7-8,10H2,1-3H3,(H2,16,17,19). The summed E-state index contributed by atoms with van der Waals surface area (Å²) >= 11 is 1.73. The van der Waals surface area contributed by atoms with Crippen LogP contribution in [0.15, 0.2) is 29.4 Å². The van der Waals surface area contributed by atoms with E-state index in [-0.39, 0.29) is 0 Å². The summed E-state index contributed by atoms with van der Waals surface area (Å²) in [7, 11) is 3.36. The summed E-state index contributed by atoms with van der Waals surface area (Å²) in [5.41, 5.74) is 0.901. The maximum atomic E-state index is 5.11. The molecular formula is C15H21N5OS. The summed E-state index contributed by atoms with van der Waals surface area (Å²) in [6.07, 6.45) is 2.79. The molecule has 0 amide bonds. The number of methoxy groups -OCH3 is 1. The van der Waals surface area contributed by atoms with Gasteiger partial charge in [0.2, 0.25) is 5.88 Å². The van der Waals surface area contributed by atoms with Gasteiger partial charge in [0.15, 0.2) is 5.96 Å². The molecule has 22 heavy (non-hydrogen) atoms. The molecule has 0 bridgehead atoms. The van der Waals surface area contributed by atoms with Gasteiger partial charge >= 0.3 is 0 Å². The number of nitrogens with one attached hydrogen (secondary N) is 2. The lowest BCUT2D eigenvalue weighted by molar-refractivity contribution is 0.396. The Morgan fingerprint density at radius 2 is 2.23 bits per heavy atom. The first-order chi connectivity index (χ1) is 10.7. The highest BCUT2D eigenvalue weighted by atomic mass is 32.1. The van der Waals surface area contributed by atoms with Crippen molar-refractivity contribution in [3.8, 4) is 5.88 Å². The quantitative estimate of drug-likeness (QED) is 0.627. The number of nitrogens with zero attached hydrogens (tertiary/aromatic N) is 3. The summed E-state index contributed by atoms with van der Waals surface area (Å²) in [5.74, 6) is 1.36. The minimum absolute atomic E-state index is 0.591. The van der Waals surface area contributed by atoms with Crippen LogP contribution in [0.2, 0.25) is 0 Å². The monoisotopic (exact) mass is 319 g/mol. The molecule has 0 saturated carbocycles. The largest absolute Gasteiger partial charge is 0.481 e. The highest BCUT2D eigenvalue weighted by Gasteiger charge is 2.02. The minimum atomic E-state index is 0.591. The number of hydrogen-bond acceptors (Lipinski definition) is 5. The first-order valence-electron chi connectivity index (χ1n) is 7.07. The Kier molecular flexibility index (Phi) is 6.14. The number of guanidine groups is 1. The zero-order valence-electron chi connectivity index (χ0n) is 13.1. The van der Waals surface area contributed by atoms with Crippen molar-refractivity contribution >= 4 is 17.3 Å². The van der Waals surface area contributed by atoms with Crippen molar-refractivity contribution < 1.29 is 4.74 Å². The molecule has 0 aromatic carbocycles. The predicted molar refractivity (Wildman–Crippen MR) is 89.5 cm³/mol. The molecule has 2 aromatic rings. The van der Waals surface area contributed by atoms with E-state index in [4.69, 9.17) is 4.74 Å².